The molecule has 2 N–H and O–H groups in total. The van der Waals surface area contributed by atoms with Gasteiger partial charge in [0.05, 0.1) is 12.7 Å². The molecule has 0 saturated carbocycles. The first kappa shape index (κ1) is 13.4. The Bertz CT molecular complexity index is 1010. The van der Waals surface area contributed by atoms with Gasteiger partial charge in [-0.2, -0.15) is 0 Å². The van der Waals surface area contributed by atoms with E-state index in [0.717, 1.165) is 0 Å². The molecule has 1 aliphatic carbocycles. The van der Waals surface area contributed by atoms with Gasteiger partial charge in [-0.1, -0.05) is 24.3 Å². The Hall–Kier alpha value is -3.28. The van der Waals surface area contributed by atoms with Crippen molar-refractivity contribution in [1.82, 2.24) is 0 Å². The Kier molecular flexibility index (Phi) is 2.54. The second-order valence-corrected chi connectivity index (χ2v) is 5.16. The number of methoxy groups -OCH3 is 1. The zero-order valence-corrected chi connectivity index (χ0v) is 11.9. The SMILES string of the molecule is COc1c(O)c(O)cc2c3c(oc12)C(=O)c1ccccc1C3=O. The molecule has 0 spiro atoms. The maximum atomic E-state index is 12.7. The van der Waals surface area contributed by atoms with Crippen LogP contribution in [0.4, 0.5) is 0 Å². The third kappa shape index (κ3) is 1.57. The molecule has 0 bridgehead atoms. The van der Waals surface area contributed by atoms with Gasteiger partial charge >= 0.3 is 0 Å². The molecule has 0 aliphatic heterocycles. The molecule has 114 valence electrons. The molecule has 23 heavy (non-hydrogen) atoms. The Morgan fingerprint density at radius 3 is 2.35 bits per heavy atom. The number of furan rings is 1. The standard InChI is InChI=1S/C17H10O6/c1-22-17-14(21)10(18)6-9-11-12(19)7-4-2-3-5-8(7)13(20)16(11)23-15(9)17/h2-6,18,21H,1H3. The number of ether oxygens (including phenoxy) is 1. The van der Waals surface area contributed by atoms with Crippen molar-refractivity contribution >= 4 is 22.5 Å². The molecule has 0 saturated heterocycles. The molecule has 0 amide bonds. The summed E-state index contributed by atoms with van der Waals surface area (Å²) >= 11 is 0. The lowest BCUT2D eigenvalue weighted by Crippen LogP contribution is -2.19. The zero-order chi connectivity index (χ0) is 16.3. The number of phenols is 2. The Morgan fingerprint density at radius 1 is 1.04 bits per heavy atom. The molecule has 1 heterocycles. The molecule has 2 aromatic carbocycles. The van der Waals surface area contributed by atoms with Gasteiger partial charge in [-0.05, 0) is 6.07 Å². The molecule has 4 rings (SSSR count). The van der Waals surface area contributed by atoms with Gasteiger partial charge < -0.3 is 19.4 Å². The van der Waals surface area contributed by atoms with Crippen LogP contribution in [0.3, 0.4) is 0 Å². The lowest BCUT2D eigenvalue weighted by Gasteiger charge is -2.12. The van der Waals surface area contributed by atoms with Crippen molar-refractivity contribution in [3.05, 3.63) is 52.8 Å². The number of hydrogen-bond donors (Lipinski definition) is 2. The van der Waals surface area contributed by atoms with E-state index in [0.29, 0.717) is 0 Å². The molecule has 0 fully saturated rings. The topological polar surface area (TPSA) is 97.0 Å². The van der Waals surface area contributed by atoms with E-state index in [-0.39, 0.29) is 45.0 Å². The highest BCUT2D eigenvalue weighted by molar-refractivity contribution is 6.31. The largest absolute Gasteiger partial charge is 0.504 e. The van der Waals surface area contributed by atoms with Crippen molar-refractivity contribution in [2.45, 2.75) is 0 Å². The van der Waals surface area contributed by atoms with Crippen LogP contribution in [0.1, 0.15) is 32.0 Å². The molecule has 0 atom stereocenters. The van der Waals surface area contributed by atoms with Gasteiger partial charge in [0.2, 0.25) is 17.3 Å². The van der Waals surface area contributed by atoms with E-state index in [4.69, 9.17) is 9.15 Å². The van der Waals surface area contributed by atoms with Crippen LogP contribution < -0.4 is 4.74 Å². The van der Waals surface area contributed by atoms with Gasteiger partial charge in [0.25, 0.3) is 0 Å². The van der Waals surface area contributed by atoms with E-state index >= 15 is 0 Å². The molecule has 6 heteroatoms. The Morgan fingerprint density at radius 2 is 1.70 bits per heavy atom. The summed E-state index contributed by atoms with van der Waals surface area (Å²) in [7, 11) is 1.29. The molecular formula is C17H10O6. The lowest BCUT2D eigenvalue weighted by atomic mass is 9.87. The summed E-state index contributed by atoms with van der Waals surface area (Å²) in [6.45, 7) is 0. The molecule has 1 aliphatic rings. The zero-order valence-electron chi connectivity index (χ0n) is 11.9. The Balaban J connectivity index is 2.14. The number of rotatable bonds is 1. The summed E-state index contributed by atoms with van der Waals surface area (Å²) in [5.41, 5.74) is 0.648. The van der Waals surface area contributed by atoms with Crippen LogP contribution in [0, 0.1) is 0 Å². The van der Waals surface area contributed by atoms with Crippen molar-refractivity contribution in [2.75, 3.05) is 7.11 Å². The van der Waals surface area contributed by atoms with Crippen LogP contribution in [-0.2, 0) is 0 Å². The van der Waals surface area contributed by atoms with E-state index in [9.17, 15) is 19.8 Å². The fraction of sp³-hybridized carbons (Fsp3) is 0.0588. The summed E-state index contributed by atoms with van der Waals surface area (Å²) in [6.07, 6.45) is 0. The summed E-state index contributed by atoms with van der Waals surface area (Å²) in [5.74, 6) is -2.01. The predicted octanol–water partition coefficient (Wildman–Crippen LogP) is 2.63. The van der Waals surface area contributed by atoms with Gasteiger partial charge in [0, 0.05) is 16.5 Å². The highest BCUT2D eigenvalue weighted by Gasteiger charge is 2.36. The molecular weight excluding hydrogens is 300 g/mol. The van der Waals surface area contributed by atoms with E-state index in [2.05, 4.69) is 0 Å². The fourth-order valence-electron chi connectivity index (χ4n) is 2.89. The van der Waals surface area contributed by atoms with Gasteiger partial charge in [0.1, 0.15) is 0 Å². The number of hydrogen-bond acceptors (Lipinski definition) is 6. The third-order valence-corrected chi connectivity index (χ3v) is 3.94. The molecule has 6 nitrogen and oxygen atoms in total. The quantitative estimate of drug-likeness (QED) is 0.525. The molecule has 1 aromatic heterocycles. The van der Waals surface area contributed by atoms with E-state index in [1.807, 2.05) is 0 Å². The maximum absolute atomic E-state index is 12.7. The second kappa shape index (κ2) is 4.36. The number of phenolic OH excluding ortho intramolecular Hbond substituents is 2. The first-order chi connectivity index (χ1) is 11.0. The molecule has 3 aromatic rings. The third-order valence-electron chi connectivity index (χ3n) is 3.94. The maximum Gasteiger partial charge on any atom is 0.229 e. The smallest absolute Gasteiger partial charge is 0.229 e. The summed E-state index contributed by atoms with van der Waals surface area (Å²) in [4.78, 5) is 25.3. The minimum atomic E-state index is -0.511. The van der Waals surface area contributed by atoms with Crippen molar-refractivity contribution in [3.63, 3.8) is 0 Å². The van der Waals surface area contributed by atoms with Crippen molar-refractivity contribution in [1.29, 1.82) is 0 Å². The van der Waals surface area contributed by atoms with Crippen LogP contribution in [-0.4, -0.2) is 28.9 Å². The van der Waals surface area contributed by atoms with Gasteiger partial charge in [-0.3, -0.25) is 9.59 Å². The number of aromatic hydroxyl groups is 2. The van der Waals surface area contributed by atoms with Crippen LogP contribution in [0.5, 0.6) is 17.2 Å². The summed E-state index contributed by atoms with van der Waals surface area (Å²) in [6, 6.07) is 7.64. The minimum absolute atomic E-state index is 0.0438. The summed E-state index contributed by atoms with van der Waals surface area (Å²) in [5, 5.41) is 19.9. The van der Waals surface area contributed by atoms with E-state index in [1.165, 1.54) is 13.2 Å². The Labute approximate surface area is 129 Å². The first-order valence-electron chi connectivity index (χ1n) is 6.78. The minimum Gasteiger partial charge on any atom is -0.504 e. The monoisotopic (exact) mass is 310 g/mol. The van der Waals surface area contributed by atoms with E-state index < -0.39 is 17.3 Å². The van der Waals surface area contributed by atoms with Gasteiger partial charge in [-0.15, -0.1) is 0 Å². The predicted molar refractivity (Wildman–Crippen MR) is 79.4 cm³/mol. The van der Waals surface area contributed by atoms with Crippen LogP contribution in [0.15, 0.2) is 34.7 Å². The summed E-state index contributed by atoms with van der Waals surface area (Å²) < 4.78 is 10.6. The number of carbonyl (C=O) groups is 2. The number of ketones is 2. The number of benzene rings is 2. The van der Waals surface area contributed by atoms with Gasteiger partial charge in [-0.25, -0.2) is 0 Å². The molecule has 0 radical (unpaired) electrons. The van der Waals surface area contributed by atoms with Crippen molar-refractivity contribution in [2.24, 2.45) is 0 Å². The van der Waals surface area contributed by atoms with Crippen LogP contribution in [0.2, 0.25) is 0 Å². The second-order valence-electron chi connectivity index (χ2n) is 5.16. The average molecular weight is 310 g/mol. The first-order valence-corrected chi connectivity index (χ1v) is 6.78. The number of fused-ring (bicyclic) bond motifs is 4. The average Bonchev–Trinajstić information content (AvgIpc) is 2.93. The van der Waals surface area contributed by atoms with Crippen LogP contribution in [0.25, 0.3) is 11.0 Å². The van der Waals surface area contributed by atoms with E-state index in [1.54, 1.807) is 24.3 Å². The fourth-order valence-corrected chi connectivity index (χ4v) is 2.89. The van der Waals surface area contributed by atoms with Gasteiger partial charge in [0.15, 0.2) is 22.9 Å². The van der Waals surface area contributed by atoms with Crippen molar-refractivity contribution in [3.8, 4) is 17.2 Å². The number of carbonyl (C=O) groups excluding carboxylic acids is 2. The lowest BCUT2D eigenvalue weighted by molar-refractivity contribution is 0.0962. The highest BCUT2D eigenvalue weighted by Crippen LogP contribution is 2.46. The highest BCUT2D eigenvalue weighted by atomic mass is 16.5. The van der Waals surface area contributed by atoms with Crippen molar-refractivity contribution < 1.29 is 29.0 Å². The molecule has 0 unspecified atom stereocenters. The van der Waals surface area contributed by atoms with Crippen LogP contribution >= 0.6 is 0 Å². The normalized spacial score (nSPS) is 13.1.